The molecular formula is C29H35NO7. The molecule has 2 aliphatic heterocycles. The number of benzene rings is 2. The minimum absolute atomic E-state index is 0.0447. The summed E-state index contributed by atoms with van der Waals surface area (Å²) in [6.07, 6.45) is 3.64. The standard InChI is InChI=1S/C29H35NO7/c1-30(25(19-35-26-14-6-8-16-33-26)28(31)37-27-15-7-9-17-34-27)29(32)36-18-24-22-12-4-2-10-20(22)21-11-3-5-13-23(21)24/h2-5,10-13,24-27H,6-9,14-19H2,1H3. The molecular weight excluding hydrogens is 474 g/mol. The van der Waals surface area contributed by atoms with Crippen molar-refractivity contribution in [2.24, 2.45) is 0 Å². The van der Waals surface area contributed by atoms with Gasteiger partial charge in [0.2, 0.25) is 6.29 Å². The molecule has 3 atom stereocenters. The number of hydrogen-bond donors (Lipinski definition) is 0. The van der Waals surface area contributed by atoms with Crippen LogP contribution in [-0.2, 0) is 28.5 Å². The van der Waals surface area contributed by atoms with Gasteiger partial charge in [-0.05, 0) is 54.4 Å². The summed E-state index contributed by atoms with van der Waals surface area (Å²) in [4.78, 5) is 27.6. The van der Waals surface area contributed by atoms with E-state index >= 15 is 0 Å². The summed E-state index contributed by atoms with van der Waals surface area (Å²) in [6.45, 7) is 1.30. The topological polar surface area (TPSA) is 83.5 Å². The molecule has 198 valence electrons. The summed E-state index contributed by atoms with van der Waals surface area (Å²) in [5.74, 6) is -0.642. The average Bonchev–Trinajstić information content (AvgIpc) is 3.26. The zero-order chi connectivity index (χ0) is 25.6. The van der Waals surface area contributed by atoms with Gasteiger partial charge in [0.05, 0.1) is 13.2 Å². The Balaban J connectivity index is 1.25. The first-order chi connectivity index (χ1) is 18.1. The van der Waals surface area contributed by atoms with Crippen molar-refractivity contribution in [1.82, 2.24) is 4.90 Å². The first-order valence-electron chi connectivity index (χ1n) is 13.2. The number of fused-ring (bicyclic) bond motifs is 3. The Kier molecular flexibility index (Phi) is 8.38. The summed E-state index contributed by atoms with van der Waals surface area (Å²) in [7, 11) is 1.54. The summed E-state index contributed by atoms with van der Waals surface area (Å²) in [5.41, 5.74) is 4.56. The number of carbonyl (C=O) groups is 2. The van der Waals surface area contributed by atoms with Crippen molar-refractivity contribution in [3.63, 3.8) is 0 Å². The van der Waals surface area contributed by atoms with Crippen LogP contribution in [0.1, 0.15) is 55.6 Å². The molecule has 2 saturated heterocycles. The van der Waals surface area contributed by atoms with Crippen LogP contribution in [0, 0.1) is 0 Å². The van der Waals surface area contributed by atoms with Gasteiger partial charge >= 0.3 is 12.1 Å². The van der Waals surface area contributed by atoms with Gasteiger partial charge in [-0.1, -0.05) is 48.5 Å². The van der Waals surface area contributed by atoms with E-state index in [0.717, 1.165) is 54.4 Å². The first-order valence-corrected chi connectivity index (χ1v) is 13.2. The van der Waals surface area contributed by atoms with E-state index in [1.165, 1.54) is 11.9 Å². The second-order valence-electron chi connectivity index (χ2n) is 9.79. The van der Waals surface area contributed by atoms with Crippen molar-refractivity contribution >= 4 is 12.1 Å². The third kappa shape index (κ3) is 5.98. The lowest BCUT2D eigenvalue weighted by Crippen LogP contribution is -2.48. The Morgan fingerprint density at radius 3 is 2.08 bits per heavy atom. The van der Waals surface area contributed by atoms with Gasteiger partial charge < -0.3 is 23.7 Å². The Bertz CT molecular complexity index is 1030. The van der Waals surface area contributed by atoms with Crippen LogP contribution in [0.2, 0.25) is 0 Å². The molecule has 37 heavy (non-hydrogen) atoms. The van der Waals surface area contributed by atoms with E-state index in [-0.39, 0.29) is 19.1 Å². The molecule has 5 rings (SSSR count). The van der Waals surface area contributed by atoms with Gasteiger partial charge in [-0.15, -0.1) is 0 Å². The van der Waals surface area contributed by atoms with Crippen LogP contribution in [0.15, 0.2) is 48.5 Å². The van der Waals surface area contributed by atoms with E-state index < -0.39 is 30.7 Å². The maximum absolute atomic E-state index is 13.2. The number of nitrogens with zero attached hydrogens (tertiary/aromatic N) is 1. The molecule has 2 aromatic rings. The Hall–Kier alpha value is -2.94. The number of hydrogen-bond acceptors (Lipinski definition) is 7. The maximum atomic E-state index is 13.2. The Labute approximate surface area is 217 Å². The van der Waals surface area contributed by atoms with E-state index in [4.69, 9.17) is 23.7 Å². The van der Waals surface area contributed by atoms with E-state index in [2.05, 4.69) is 24.3 Å². The predicted molar refractivity (Wildman–Crippen MR) is 136 cm³/mol. The van der Waals surface area contributed by atoms with Gasteiger partial charge in [0.25, 0.3) is 0 Å². The number of amides is 1. The fourth-order valence-electron chi connectivity index (χ4n) is 5.21. The third-order valence-electron chi connectivity index (χ3n) is 7.33. The quantitative estimate of drug-likeness (QED) is 0.471. The van der Waals surface area contributed by atoms with Gasteiger partial charge in [0.15, 0.2) is 12.3 Å². The van der Waals surface area contributed by atoms with Crippen LogP contribution in [0.25, 0.3) is 11.1 Å². The first kappa shape index (κ1) is 25.7. The maximum Gasteiger partial charge on any atom is 0.410 e. The molecule has 3 unspecified atom stereocenters. The highest BCUT2D eigenvalue weighted by Crippen LogP contribution is 2.44. The van der Waals surface area contributed by atoms with Gasteiger partial charge in [-0.2, -0.15) is 0 Å². The van der Waals surface area contributed by atoms with E-state index in [0.29, 0.717) is 19.6 Å². The van der Waals surface area contributed by atoms with E-state index in [1.807, 2.05) is 24.3 Å². The molecule has 8 nitrogen and oxygen atoms in total. The monoisotopic (exact) mass is 509 g/mol. The molecule has 8 heteroatoms. The molecule has 2 heterocycles. The van der Waals surface area contributed by atoms with Crippen molar-refractivity contribution in [3.05, 3.63) is 59.7 Å². The summed E-state index contributed by atoms with van der Waals surface area (Å²) < 4.78 is 28.5. The Morgan fingerprint density at radius 2 is 1.49 bits per heavy atom. The molecule has 2 aromatic carbocycles. The van der Waals surface area contributed by atoms with Crippen LogP contribution >= 0.6 is 0 Å². The Morgan fingerprint density at radius 1 is 0.892 bits per heavy atom. The van der Waals surface area contributed by atoms with Crippen LogP contribution in [0.5, 0.6) is 0 Å². The smallest absolute Gasteiger partial charge is 0.410 e. The molecule has 1 amide bonds. The molecule has 3 aliphatic rings. The number of carbonyl (C=O) groups excluding carboxylic acids is 2. The molecule has 2 fully saturated rings. The predicted octanol–water partition coefficient (Wildman–Crippen LogP) is 4.85. The zero-order valence-corrected chi connectivity index (χ0v) is 21.3. The third-order valence-corrected chi connectivity index (χ3v) is 7.33. The zero-order valence-electron chi connectivity index (χ0n) is 21.3. The molecule has 1 aliphatic carbocycles. The highest BCUT2D eigenvalue weighted by Gasteiger charge is 2.35. The number of likely N-dealkylation sites (N-methyl/N-ethyl adjacent to an activating group) is 1. The summed E-state index contributed by atoms with van der Waals surface area (Å²) in [6, 6.07) is 15.4. The van der Waals surface area contributed by atoms with Crippen molar-refractivity contribution < 1.29 is 33.3 Å². The summed E-state index contributed by atoms with van der Waals surface area (Å²) in [5, 5.41) is 0. The molecule has 0 radical (unpaired) electrons. The van der Waals surface area contributed by atoms with Crippen molar-refractivity contribution in [2.75, 3.05) is 33.5 Å². The normalized spacial score (nSPS) is 22.0. The van der Waals surface area contributed by atoms with Crippen LogP contribution in [0.3, 0.4) is 0 Å². The van der Waals surface area contributed by atoms with Gasteiger partial charge in [-0.25, -0.2) is 9.59 Å². The van der Waals surface area contributed by atoms with Crippen molar-refractivity contribution in [3.8, 4) is 11.1 Å². The lowest BCUT2D eigenvalue weighted by molar-refractivity contribution is -0.200. The molecule has 0 aromatic heterocycles. The second kappa shape index (κ2) is 12.1. The molecule has 0 saturated carbocycles. The lowest BCUT2D eigenvalue weighted by Gasteiger charge is -2.31. The highest BCUT2D eigenvalue weighted by molar-refractivity contribution is 5.82. The molecule has 0 spiro atoms. The molecule has 0 bridgehead atoms. The summed E-state index contributed by atoms with van der Waals surface area (Å²) >= 11 is 0. The van der Waals surface area contributed by atoms with Crippen LogP contribution in [-0.4, -0.2) is 69.1 Å². The fraction of sp³-hybridized carbons (Fsp3) is 0.517. The second-order valence-corrected chi connectivity index (χ2v) is 9.79. The van der Waals surface area contributed by atoms with Crippen LogP contribution in [0.4, 0.5) is 4.79 Å². The van der Waals surface area contributed by atoms with Crippen molar-refractivity contribution in [2.45, 2.75) is 63.1 Å². The molecule has 0 N–H and O–H groups in total. The van der Waals surface area contributed by atoms with Gasteiger partial charge in [-0.3, -0.25) is 4.90 Å². The SMILES string of the molecule is CN(C(=O)OCC1c2ccccc2-c2ccccc21)C(COC1CCCCO1)C(=O)OC1CCCCO1. The minimum Gasteiger partial charge on any atom is -0.448 e. The van der Waals surface area contributed by atoms with E-state index in [9.17, 15) is 9.59 Å². The largest absolute Gasteiger partial charge is 0.448 e. The van der Waals surface area contributed by atoms with E-state index in [1.54, 1.807) is 0 Å². The number of esters is 1. The van der Waals surface area contributed by atoms with Gasteiger partial charge in [0.1, 0.15) is 6.61 Å². The number of rotatable bonds is 8. The fourth-order valence-corrected chi connectivity index (χ4v) is 5.21. The van der Waals surface area contributed by atoms with Gasteiger partial charge in [0, 0.05) is 26.0 Å². The highest BCUT2D eigenvalue weighted by atomic mass is 16.7. The van der Waals surface area contributed by atoms with Crippen molar-refractivity contribution in [1.29, 1.82) is 0 Å². The van der Waals surface area contributed by atoms with Crippen LogP contribution < -0.4 is 0 Å². The average molecular weight is 510 g/mol. The number of ether oxygens (including phenoxy) is 5. The minimum atomic E-state index is -0.980. The lowest BCUT2D eigenvalue weighted by atomic mass is 9.98.